The number of nitrogens with one attached hydrogen (secondary N) is 1. The lowest BCUT2D eigenvalue weighted by Crippen LogP contribution is -1.95. The van der Waals surface area contributed by atoms with Crippen LogP contribution in [-0.4, -0.2) is 4.98 Å². The predicted molar refractivity (Wildman–Crippen MR) is 38.1 cm³/mol. The smallest absolute Gasteiger partial charge is 0.101 e. The van der Waals surface area contributed by atoms with E-state index < -0.39 is 0 Å². The Morgan fingerprint density at radius 1 is 1.80 bits per heavy atom. The highest BCUT2D eigenvalue weighted by Crippen LogP contribution is 2.06. The van der Waals surface area contributed by atoms with E-state index in [1.807, 2.05) is 6.92 Å². The fourth-order valence-corrected chi connectivity index (χ4v) is 0.853. The number of H-pyrrole nitrogens is 1. The van der Waals surface area contributed by atoms with Crippen molar-refractivity contribution in [3.05, 3.63) is 23.0 Å². The normalized spacial score (nSPS) is 9.30. The maximum absolute atomic E-state index is 8.52. The molecule has 1 aromatic heterocycles. The van der Waals surface area contributed by atoms with Crippen molar-refractivity contribution in [2.45, 2.75) is 13.5 Å². The van der Waals surface area contributed by atoms with Gasteiger partial charge in [-0.05, 0) is 13.0 Å². The zero-order valence-corrected chi connectivity index (χ0v) is 5.81. The zero-order valence-electron chi connectivity index (χ0n) is 5.81. The molecule has 0 aliphatic carbocycles. The Morgan fingerprint density at radius 2 is 2.50 bits per heavy atom. The minimum Gasteiger partial charge on any atom is -0.360 e. The van der Waals surface area contributed by atoms with Gasteiger partial charge in [0.05, 0.1) is 5.56 Å². The van der Waals surface area contributed by atoms with Crippen molar-refractivity contribution >= 4 is 0 Å². The molecule has 10 heavy (non-hydrogen) atoms. The second kappa shape index (κ2) is 2.54. The standard InChI is InChI=1S/C7H9N3/c1-5-6(3-8)2-7(4-9)10-5/h2,10H,4,9H2,1H3. The second-order valence-corrected chi connectivity index (χ2v) is 2.15. The Bertz CT molecular complexity index is 267. The molecule has 0 saturated heterocycles. The summed E-state index contributed by atoms with van der Waals surface area (Å²) in [6, 6.07) is 3.84. The molecule has 0 radical (unpaired) electrons. The monoisotopic (exact) mass is 135 g/mol. The number of hydrogen-bond acceptors (Lipinski definition) is 2. The SMILES string of the molecule is Cc1[nH]c(CN)cc1C#N. The topological polar surface area (TPSA) is 65.6 Å². The summed E-state index contributed by atoms with van der Waals surface area (Å²) >= 11 is 0. The van der Waals surface area contributed by atoms with Crippen LogP contribution in [0.4, 0.5) is 0 Å². The van der Waals surface area contributed by atoms with Gasteiger partial charge in [0.15, 0.2) is 0 Å². The molecule has 0 saturated carbocycles. The highest BCUT2D eigenvalue weighted by Gasteiger charge is 2.00. The van der Waals surface area contributed by atoms with Crippen molar-refractivity contribution in [1.29, 1.82) is 5.26 Å². The van der Waals surface area contributed by atoms with Gasteiger partial charge >= 0.3 is 0 Å². The molecule has 0 spiro atoms. The Kier molecular flexibility index (Phi) is 1.74. The summed E-state index contributed by atoms with van der Waals surface area (Å²) in [7, 11) is 0. The van der Waals surface area contributed by atoms with Gasteiger partial charge < -0.3 is 10.7 Å². The number of nitrogens with two attached hydrogens (primary N) is 1. The largest absolute Gasteiger partial charge is 0.360 e. The minimum absolute atomic E-state index is 0.461. The highest BCUT2D eigenvalue weighted by atomic mass is 14.8. The van der Waals surface area contributed by atoms with Gasteiger partial charge in [-0.25, -0.2) is 0 Å². The van der Waals surface area contributed by atoms with Gasteiger partial charge in [0.2, 0.25) is 0 Å². The molecule has 0 aliphatic rings. The third-order valence-electron chi connectivity index (χ3n) is 1.41. The van der Waals surface area contributed by atoms with Crippen molar-refractivity contribution in [2.24, 2.45) is 5.73 Å². The van der Waals surface area contributed by atoms with Crippen LogP contribution in [0.15, 0.2) is 6.07 Å². The molecule has 1 rings (SSSR count). The highest BCUT2D eigenvalue weighted by molar-refractivity contribution is 5.35. The first-order valence-corrected chi connectivity index (χ1v) is 3.06. The van der Waals surface area contributed by atoms with Crippen molar-refractivity contribution in [3.63, 3.8) is 0 Å². The fourth-order valence-electron chi connectivity index (χ4n) is 0.853. The Morgan fingerprint density at radius 3 is 2.80 bits per heavy atom. The summed E-state index contributed by atoms with van der Waals surface area (Å²) < 4.78 is 0. The van der Waals surface area contributed by atoms with Crippen molar-refractivity contribution in [3.8, 4) is 6.07 Å². The summed E-state index contributed by atoms with van der Waals surface area (Å²) in [5.74, 6) is 0. The van der Waals surface area contributed by atoms with Crippen LogP contribution in [0.25, 0.3) is 0 Å². The lowest BCUT2D eigenvalue weighted by atomic mass is 10.3. The molecular formula is C7H9N3. The second-order valence-electron chi connectivity index (χ2n) is 2.15. The van der Waals surface area contributed by atoms with Crippen LogP contribution in [0.1, 0.15) is 17.0 Å². The molecule has 1 aromatic rings. The van der Waals surface area contributed by atoms with Gasteiger partial charge in [0.1, 0.15) is 6.07 Å². The molecule has 0 aliphatic heterocycles. The van der Waals surface area contributed by atoms with Crippen LogP contribution in [0.2, 0.25) is 0 Å². The lowest BCUT2D eigenvalue weighted by Gasteiger charge is -1.84. The van der Waals surface area contributed by atoms with E-state index >= 15 is 0 Å². The lowest BCUT2D eigenvalue weighted by molar-refractivity contribution is 0.999. The summed E-state index contributed by atoms with van der Waals surface area (Å²) in [6.07, 6.45) is 0. The molecule has 52 valence electrons. The van der Waals surface area contributed by atoms with E-state index in [2.05, 4.69) is 11.1 Å². The van der Waals surface area contributed by atoms with E-state index in [1.165, 1.54) is 0 Å². The first-order valence-electron chi connectivity index (χ1n) is 3.06. The van der Waals surface area contributed by atoms with Gasteiger partial charge in [-0.2, -0.15) is 5.26 Å². The molecule has 0 amide bonds. The van der Waals surface area contributed by atoms with Gasteiger partial charge in [0, 0.05) is 17.9 Å². The number of rotatable bonds is 1. The van der Waals surface area contributed by atoms with Crippen molar-refractivity contribution < 1.29 is 0 Å². The number of hydrogen-bond donors (Lipinski definition) is 2. The Labute approximate surface area is 59.5 Å². The number of nitriles is 1. The maximum atomic E-state index is 8.52. The van der Waals surface area contributed by atoms with E-state index in [-0.39, 0.29) is 0 Å². The van der Waals surface area contributed by atoms with E-state index in [0.717, 1.165) is 11.4 Å². The quantitative estimate of drug-likeness (QED) is 0.593. The molecule has 0 bridgehead atoms. The van der Waals surface area contributed by atoms with Crippen LogP contribution < -0.4 is 5.73 Å². The number of nitrogens with zero attached hydrogens (tertiary/aromatic N) is 1. The van der Waals surface area contributed by atoms with Gasteiger partial charge in [-0.1, -0.05) is 0 Å². The van der Waals surface area contributed by atoms with E-state index in [9.17, 15) is 0 Å². The zero-order chi connectivity index (χ0) is 7.56. The summed E-state index contributed by atoms with van der Waals surface area (Å²) in [5.41, 5.74) is 7.83. The Balaban J connectivity index is 3.07. The predicted octanol–water partition coefficient (Wildman–Crippen LogP) is 0.654. The maximum Gasteiger partial charge on any atom is 0.101 e. The van der Waals surface area contributed by atoms with Crippen LogP contribution in [0, 0.1) is 18.3 Å². The van der Waals surface area contributed by atoms with E-state index in [4.69, 9.17) is 11.0 Å². The first-order chi connectivity index (χ1) is 4.77. The van der Waals surface area contributed by atoms with Crippen LogP contribution in [0.5, 0.6) is 0 Å². The van der Waals surface area contributed by atoms with Crippen LogP contribution in [0.3, 0.4) is 0 Å². The molecular weight excluding hydrogens is 126 g/mol. The van der Waals surface area contributed by atoms with Crippen molar-refractivity contribution in [1.82, 2.24) is 4.98 Å². The Hall–Kier alpha value is -1.27. The summed E-state index contributed by atoms with van der Waals surface area (Å²) in [6.45, 7) is 2.32. The van der Waals surface area contributed by atoms with E-state index in [0.29, 0.717) is 12.1 Å². The van der Waals surface area contributed by atoms with Crippen LogP contribution in [-0.2, 0) is 6.54 Å². The molecule has 3 N–H and O–H groups in total. The fraction of sp³-hybridized carbons (Fsp3) is 0.286. The molecule has 0 atom stereocenters. The van der Waals surface area contributed by atoms with Gasteiger partial charge in [-0.15, -0.1) is 0 Å². The molecule has 3 heteroatoms. The average Bonchev–Trinajstić information content (AvgIpc) is 2.30. The van der Waals surface area contributed by atoms with Crippen LogP contribution >= 0.6 is 0 Å². The summed E-state index contributed by atoms with van der Waals surface area (Å²) in [5, 5.41) is 8.52. The molecule has 0 unspecified atom stereocenters. The van der Waals surface area contributed by atoms with Gasteiger partial charge in [-0.3, -0.25) is 0 Å². The summed E-state index contributed by atoms with van der Waals surface area (Å²) in [4.78, 5) is 3.00. The molecule has 1 heterocycles. The van der Waals surface area contributed by atoms with Gasteiger partial charge in [0.25, 0.3) is 0 Å². The number of aromatic amines is 1. The third kappa shape index (κ3) is 1.02. The minimum atomic E-state index is 0.461. The molecule has 0 fully saturated rings. The average molecular weight is 135 g/mol. The molecule has 0 aromatic carbocycles. The number of aryl methyl sites for hydroxylation is 1. The van der Waals surface area contributed by atoms with Crippen molar-refractivity contribution in [2.75, 3.05) is 0 Å². The van der Waals surface area contributed by atoms with E-state index in [1.54, 1.807) is 6.07 Å². The molecule has 3 nitrogen and oxygen atoms in total. The third-order valence-corrected chi connectivity index (χ3v) is 1.41. The number of aromatic nitrogens is 1. The first kappa shape index (κ1) is 6.84.